The number of carbonyl (C=O) groups is 2. The van der Waals surface area contributed by atoms with Crippen molar-refractivity contribution < 1.29 is 14.3 Å². The Labute approximate surface area is 154 Å². The van der Waals surface area contributed by atoms with Crippen molar-refractivity contribution in [2.75, 3.05) is 11.9 Å². The fourth-order valence-corrected chi connectivity index (χ4v) is 2.81. The van der Waals surface area contributed by atoms with E-state index in [1.165, 1.54) is 0 Å². The Kier molecular flexibility index (Phi) is 6.39. The summed E-state index contributed by atoms with van der Waals surface area (Å²) in [5.41, 5.74) is 8.60. The number of amides is 2. The molecular formula is C21H26N2O3. The molecule has 5 heteroatoms. The molecule has 0 aromatic heterocycles. The second-order valence-electron chi connectivity index (χ2n) is 6.82. The lowest BCUT2D eigenvalue weighted by atomic mass is 9.92. The molecule has 0 spiro atoms. The predicted molar refractivity (Wildman–Crippen MR) is 104 cm³/mol. The van der Waals surface area contributed by atoms with E-state index in [0.29, 0.717) is 5.75 Å². The molecule has 2 rings (SSSR count). The average molecular weight is 354 g/mol. The summed E-state index contributed by atoms with van der Waals surface area (Å²) in [6, 6.07) is 12.7. The van der Waals surface area contributed by atoms with Crippen LogP contribution in [0.1, 0.15) is 61.0 Å². The highest BCUT2D eigenvalue weighted by Gasteiger charge is 2.17. The van der Waals surface area contributed by atoms with E-state index in [-0.39, 0.29) is 29.9 Å². The topological polar surface area (TPSA) is 81.4 Å². The van der Waals surface area contributed by atoms with Crippen molar-refractivity contribution in [3.63, 3.8) is 0 Å². The van der Waals surface area contributed by atoms with E-state index in [9.17, 15) is 9.59 Å². The molecule has 138 valence electrons. The number of rotatable bonds is 7. The van der Waals surface area contributed by atoms with Gasteiger partial charge in [-0.05, 0) is 35.1 Å². The molecule has 0 saturated carbocycles. The van der Waals surface area contributed by atoms with Crippen LogP contribution in [0.3, 0.4) is 0 Å². The molecule has 2 amide bonds. The van der Waals surface area contributed by atoms with Gasteiger partial charge in [-0.25, -0.2) is 0 Å². The molecule has 2 aromatic carbocycles. The Morgan fingerprint density at radius 1 is 0.962 bits per heavy atom. The van der Waals surface area contributed by atoms with Gasteiger partial charge in [-0.2, -0.15) is 0 Å². The summed E-state index contributed by atoms with van der Waals surface area (Å²) in [5.74, 6) is -0.00933. The summed E-state index contributed by atoms with van der Waals surface area (Å²) in [6.07, 6.45) is 0. The first-order valence-electron chi connectivity index (χ1n) is 8.75. The van der Waals surface area contributed by atoms with E-state index in [2.05, 4.69) is 33.0 Å². The fourth-order valence-electron chi connectivity index (χ4n) is 2.81. The number of hydrogen-bond donors (Lipinski definition) is 2. The Hall–Kier alpha value is -2.82. The van der Waals surface area contributed by atoms with E-state index < -0.39 is 5.91 Å². The van der Waals surface area contributed by atoms with Gasteiger partial charge in [0.15, 0.2) is 6.61 Å². The van der Waals surface area contributed by atoms with Crippen LogP contribution in [0.2, 0.25) is 0 Å². The van der Waals surface area contributed by atoms with Gasteiger partial charge in [-0.1, -0.05) is 58.0 Å². The average Bonchev–Trinajstić information content (AvgIpc) is 2.59. The molecule has 0 unspecified atom stereocenters. The second-order valence-corrected chi connectivity index (χ2v) is 6.82. The Morgan fingerprint density at radius 3 is 2.08 bits per heavy atom. The van der Waals surface area contributed by atoms with Crippen LogP contribution in [0.25, 0.3) is 0 Å². The quantitative estimate of drug-likeness (QED) is 0.787. The van der Waals surface area contributed by atoms with E-state index in [0.717, 1.165) is 16.8 Å². The van der Waals surface area contributed by atoms with Gasteiger partial charge in [0.25, 0.3) is 11.8 Å². The zero-order valence-corrected chi connectivity index (χ0v) is 15.7. The fraction of sp³-hybridized carbons (Fsp3) is 0.333. The minimum Gasteiger partial charge on any atom is -0.483 e. The van der Waals surface area contributed by atoms with Gasteiger partial charge in [0.2, 0.25) is 0 Å². The SMILES string of the molecule is CC(C)c1cccc(C(C)C)c1NC(=O)COc1ccccc1C(N)=O. The van der Waals surface area contributed by atoms with Crippen LogP contribution in [0, 0.1) is 0 Å². The number of primary amides is 1. The van der Waals surface area contributed by atoms with Crippen LogP contribution >= 0.6 is 0 Å². The zero-order valence-electron chi connectivity index (χ0n) is 15.7. The summed E-state index contributed by atoms with van der Waals surface area (Å²) in [4.78, 5) is 23.9. The number of carbonyl (C=O) groups excluding carboxylic acids is 2. The van der Waals surface area contributed by atoms with Gasteiger partial charge >= 0.3 is 0 Å². The maximum atomic E-state index is 12.5. The molecule has 0 aliphatic carbocycles. The minimum absolute atomic E-state index is 0.200. The monoisotopic (exact) mass is 354 g/mol. The number of para-hydroxylation sites is 2. The third kappa shape index (κ3) is 4.63. The van der Waals surface area contributed by atoms with Crippen molar-refractivity contribution in [3.8, 4) is 5.75 Å². The van der Waals surface area contributed by atoms with Crippen molar-refractivity contribution in [1.82, 2.24) is 0 Å². The molecule has 0 heterocycles. The number of nitrogens with two attached hydrogens (primary N) is 1. The number of ether oxygens (including phenoxy) is 1. The van der Waals surface area contributed by atoms with E-state index in [4.69, 9.17) is 10.5 Å². The van der Waals surface area contributed by atoms with Gasteiger partial charge in [-0.3, -0.25) is 9.59 Å². The van der Waals surface area contributed by atoms with E-state index in [1.54, 1.807) is 24.3 Å². The van der Waals surface area contributed by atoms with Crippen LogP contribution in [-0.4, -0.2) is 18.4 Å². The molecule has 3 N–H and O–H groups in total. The van der Waals surface area contributed by atoms with E-state index >= 15 is 0 Å². The van der Waals surface area contributed by atoms with Crippen LogP contribution in [0.4, 0.5) is 5.69 Å². The number of anilines is 1. The van der Waals surface area contributed by atoms with E-state index in [1.807, 2.05) is 18.2 Å². The molecule has 5 nitrogen and oxygen atoms in total. The van der Waals surface area contributed by atoms with Gasteiger partial charge < -0.3 is 15.8 Å². The molecular weight excluding hydrogens is 328 g/mol. The molecule has 0 bridgehead atoms. The van der Waals surface area contributed by atoms with Gasteiger partial charge in [0, 0.05) is 5.69 Å². The largest absolute Gasteiger partial charge is 0.483 e. The molecule has 26 heavy (non-hydrogen) atoms. The first-order chi connectivity index (χ1) is 12.3. The van der Waals surface area contributed by atoms with Crippen LogP contribution < -0.4 is 15.8 Å². The highest BCUT2D eigenvalue weighted by Crippen LogP contribution is 2.32. The van der Waals surface area contributed by atoms with Crippen LogP contribution in [0.5, 0.6) is 5.75 Å². The van der Waals surface area contributed by atoms with Crippen molar-refractivity contribution in [2.24, 2.45) is 5.73 Å². The lowest BCUT2D eigenvalue weighted by Gasteiger charge is -2.20. The highest BCUT2D eigenvalue weighted by molar-refractivity contribution is 5.96. The smallest absolute Gasteiger partial charge is 0.262 e. The molecule has 0 aliphatic rings. The van der Waals surface area contributed by atoms with Gasteiger partial charge in [0.05, 0.1) is 5.56 Å². The first kappa shape index (κ1) is 19.5. The summed E-state index contributed by atoms with van der Waals surface area (Å²) in [6.45, 7) is 8.17. The lowest BCUT2D eigenvalue weighted by Crippen LogP contribution is -2.23. The van der Waals surface area contributed by atoms with Crippen molar-refractivity contribution in [3.05, 3.63) is 59.2 Å². The first-order valence-corrected chi connectivity index (χ1v) is 8.75. The number of nitrogens with one attached hydrogen (secondary N) is 1. The van der Waals surface area contributed by atoms with Crippen LogP contribution in [-0.2, 0) is 4.79 Å². The summed E-state index contributed by atoms with van der Waals surface area (Å²) < 4.78 is 5.52. The predicted octanol–water partition coefficient (Wildman–Crippen LogP) is 4.05. The Morgan fingerprint density at radius 2 is 1.54 bits per heavy atom. The maximum Gasteiger partial charge on any atom is 0.262 e. The Bertz CT molecular complexity index is 771. The van der Waals surface area contributed by atoms with Crippen LogP contribution in [0.15, 0.2) is 42.5 Å². The summed E-state index contributed by atoms with van der Waals surface area (Å²) in [7, 11) is 0. The maximum absolute atomic E-state index is 12.5. The minimum atomic E-state index is -0.590. The van der Waals surface area contributed by atoms with Crippen molar-refractivity contribution in [2.45, 2.75) is 39.5 Å². The molecule has 0 saturated heterocycles. The Balaban J connectivity index is 2.17. The molecule has 0 atom stereocenters. The number of benzene rings is 2. The highest BCUT2D eigenvalue weighted by atomic mass is 16.5. The molecule has 0 radical (unpaired) electrons. The van der Waals surface area contributed by atoms with Gasteiger partial charge in [0.1, 0.15) is 5.75 Å². The third-order valence-corrected chi connectivity index (χ3v) is 4.15. The number of hydrogen-bond acceptors (Lipinski definition) is 3. The van der Waals surface area contributed by atoms with Gasteiger partial charge in [-0.15, -0.1) is 0 Å². The molecule has 0 fully saturated rings. The third-order valence-electron chi connectivity index (χ3n) is 4.15. The molecule has 0 aliphatic heterocycles. The molecule has 2 aromatic rings. The second kappa shape index (κ2) is 8.52. The standard InChI is InChI=1S/C21H26N2O3/c1-13(2)15-9-7-10-16(14(3)4)20(15)23-19(24)12-26-18-11-6-5-8-17(18)21(22)25/h5-11,13-14H,12H2,1-4H3,(H2,22,25)(H,23,24). The van der Waals surface area contributed by atoms with Crippen molar-refractivity contribution in [1.29, 1.82) is 0 Å². The zero-order chi connectivity index (χ0) is 19.3. The lowest BCUT2D eigenvalue weighted by molar-refractivity contribution is -0.118. The van der Waals surface area contributed by atoms with Crippen molar-refractivity contribution >= 4 is 17.5 Å². The normalized spacial score (nSPS) is 10.8. The summed E-state index contributed by atoms with van der Waals surface area (Å²) >= 11 is 0. The summed E-state index contributed by atoms with van der Waals surface area (Å²) in [5, 5.41) is 2.98.